The maximum Gasteiger partial charge on any atom is 0.175 e. The van der Waals surface area contributed by atoms with Crippen molar-refractivity contribution in [1.82, 2.24) is 4.98 Å². The second kappa shape index (κ2) is 6.21. The first kappa shape index (κ1) is 14.1. The molecule has 0 saturated heterocycles. The van der Waals surface area contributed by atoms with E-state index >= 15 is 0 Å². The third-order valence-corrected chi connectivity index (χ3v) is 2.83. The lowest BCUT2D eigenvalue weighted by Gasteiger charge is -2.18. The van der Waals surface area contributed by atoms with Gasteiger partial charge in [-0.1, -0.05) is 17.3 Å². The quantitative estimate of drug-likeness (QED) is 0.375. The fourth-order valence-corrected chi connectivity index (χ4v) is 1.95. The van der Waals surface area contributed by atoms with E-state index in [2.05, 4.69) is 10.1 Å². The van der Waals surface area contributed by atoms with Gasteiger partial charge in [-0.2, -0.15) is 0 Å². The lowest BCUT2D eigenvalue weighted by atomic mass is 10.1. The van der Waals surface area contributed by atoms with Crippen LogP contribution in [0.15, 0.2) is 35.6 Å². The second-order valence-electron chi connectivity index (χ2n) is 4.39. The van der Waals surface area contributed by atoms with E-state index in [0.717, 1.165) is 10.9 Å². The molecule has 0 fully saturated rings. The number of hydrogen-bond acceptors (Lipinski definition) is 5. The highest BCUT2D eigenvalue weighted by atomic mass is 16.5. The SMILES string of the molecule is COCC(C)Oc1c(C(N)=NO)cnc2ccccc12. The van der Waals surface area contributed by atoms with E-state index in [1.807, 2.05) is 31.2 Å². The molecule has 0 spiro atoms. The molecule has 6 nitrogen and oxygen atoms in total. The number of nitrogens with two attached hydrogens (primary N) is 1. The lowest BCUT2D eigenvalue weighted by Crippen LogP contribution is -2.22. The minimum Gasteiger partial charge on any atom is -0.487 e. The van der Waals surface area contributed by atoms with Crippen LogP contribution in [0, 0.1) is 0 Å². The molecule has 2 aromatic rings. The van der Waals surface area contributed by atoms with Crippen LogP contribution in [0.3, 0.4) is 0 Å². The molecule has 20 heavy (non-hydrogen) atoms. The van der Waals surface area contributed by atoms with Gasteiger partial charge in [0.1, 0.15) is 11.9 Å². The molecule has 106 valence electrons. The summed E-state index contributed by atoms with van der Waals surface area (Å²) in [6.45, 7) is 2.32. The van der Waals surface area contributed by atoms with Crippen molar-refractivity contribution in [3.05, 3.63) is 36.0 Å². The van der Waals surface area contributed by atoms with Crippen LogP contribution in [0.2, 0.25) is 0 Å². The van der Waals surface area contributed by atoms with E-state index in [1.54, 1.807) is 7.11 Å². The number of aromatic nitrogens is 1. The first-order valence-electron chi connectivity index (χ1n) is 6.18. The van der Waals surface area contributed by atoms with E-state index in [9.17, 15) is 0 Å². The predicted molar refractivity (Wildman–Crippen MR) is 76.2 cm³/mol. The smallest absolute Gasteiger partial charge is 0.175 e. The maximum atomic E-state index is 8.88. The highest BCUT2D eigenvalue weighted by Gasteiger charge is 2.16. The van der Waals surface area contributed by atoms with Gasteiger partial charge < -0.3 is 20.4 Å². The number of para-hydroxylation sites is 1. The van der Waals surface area contributed by atoms with Crippen molar-refractivity contribution in [2.45, 2.75) is 13.0 Å². The topological polar surface area (TPSA) is 90.0 Å². The van der Waals surface area contributed by atoms with Gasteiger partial charge in [0.15, 0.2) is 5.84 Å². The van der Waals surface area contributed by atoms with Gasteiger partial charge in [0.25, 0.3) is 0 Å². The maximum absolute atomic E-state index is 8.88. The largest absolute Gasteiger partial charge is 0.487 e. The molecule has 3 N–H and O–H groups in total. The summed E-state index contributed by atoms with van der Waals surface area (Å²) in [4.78, 5) is 4.28. The Balaban J connectivity index is 2.55. The third kappa shape index (κ3) is 2.80. The fraction of sp³-hybridized carbons (Fsp3) is 0.286. The highest BCUT2D eigenvalue weighted by molar-refractivity contribution is 6.04. The molecule has 0 aliphatic carbocycles. The van der Waals surface area contributed by atoms with Crippen molar-refractivity contribution >= 4 is 16.7 Å². The van der Waals surface area contributed by atoms with E-state index in [0.29, 0.717) is 17.9 Å². The number of methoxy groups -OCH3 is 1. The number of fused-ring (bicyclic) bond motifs is 1. The Morgan fingerprint density at radius 3 is 2.90 bits per heavy atom. The van der Waals surface area contributed by atoms with Gasteiger partial charge in [0.2, 0.25) is 0 Å². The number of pyridine rings is 1. The average molecular weight is 275 g/mol. The van der Waals surface area contributed by atoms with Crippen molar-refractivity contribution in [3.63, 3.8) is 0 Å². The number of hydrogen-bond donors (Lipinski definition) is 2. The molecule has 1 heterocycles. The minimum atomic E-state index is -0.170. The first-order valence-corrected chi connectivity index (χ1v) is 6.18. The van der Waals surface area contributed by atoms with Crippen LogP contribution in [-0.2, 0) is 4.74 Å². The number of rotatable bonds is 5. The van der Waals surface area contributed by atoms with Crippen molar-refractivity contribution in [2.75, 3.05) is 13.7 Å². The van der Waals surface area contributed by atoms with Crippen molar-refractivity contribution in [2.24, 2.45) is 10.9 Å². The Morgan fingerprint density at radius 1 is 1.45 bits per heavy atom. The van der Waals surface area contributed by atoms with Crippen LogP contribution < -0.4 is 10.5 Å². The predicted octanol–water partition coefficient (Wildman–Crippen LogP) is 1.74. The zero-order chi connectivity index (χ0) is 14.5. The van der Waals surface area contributed by atoms with Crippen molar-refractivity contribution in [1.29, 1.82) is 0 Å². The second-order valence-corrected chi connectivity index (χ2v) is 4.39. The van der Waals surface area contributed by atoms with E-state index in [-0.39, 0.29) is 11.9 Å². The van der Waals surface area contributed by atoms with Crippen molar-refractivity contribution in [3.8, 4) is 5.75 Å². The Kier molecular flexibility index (Phi) is 4.37. The molecule has 0 radical (unpaired) electrons. The molecule has 1 atom stereocenters. The number of amidine groups is 1. The highest BCUT2D eigenvalue weighted by Crippen LogP contribution is 2.29. The van der Waals surface area contributed by atoms with Gasteiger partial charge in [-0.15, -0.1) is 0 Å². The zero-order valence-electron chi connectivity index (χ0n) is 11.4. The van der Waals surface area contributed by atoms with Crippen LogP contribution in [-0.4, -0.2) is 35.8 Å². The van der Waals surface area contributed by atoms with Gasteiger partial charge in [0.05, 0.1) is 17.7 Å². The number of ether oxygens (including phenoxy) is 2. The summed E-state index contributed by atoms with van der Waals surface area (Å²) in [5.41, 5.74) is 6.92. The molecule has 0 bridgehead atoms. The Bertz CT molecular complexity index is 628. The van der Waals surface area contributed by atoms with E-state index < -0.39 is 0 Å². The van der Waals surface area contributed by atoms with Gasteiger partial charge in [-0.05, 0) is 19.1 Å². The zero-order valence-corrected chi connectivity index (χ0v) is 11.4. The summed E-state index contributed by atoms with van der Waals surface area (Å²) in [7, 11) is 1.61. The third-order valence-electron chi connectivity index (χ3n) is 2.83. The van der Waals surface area contributed by atoms with Gasteiger partial charge in [0, 0.05) is 18.7 Å². The van der Waals surface area contributed by atoms with Gasteiger partial charge in [-0.25, -0.2) is 0 Å². The molecule has 1 unspecified atom stereocenters. The summed E-state index contributed by atoms with van der Waals surface area (Å²) in [6.07, 6.45) is 1.36. The molecule has 1 aromatic carbocycles. The van der Waals surface area contributed by atoms with Crippen LogP contribution in [0.5, 0.6) is 5.75 Å². The molecule has 1 aromatic heterocycles. The van der Waals surface area contributed by atoms with Crippen LogP contribution in [0.4, 0.5) is 0 Å². The molecule has 6 heteroatoms. The number of nitrogens with zero attached hydrogens (tertiary/aromatic N) is 2. The Labute approximate surface area is 116 Å². The molecule has 0 amide bonds. The summed E-state index contributed by atoms with van der Waals surface area (Å²) in [5.74, 6) is 0.498. The lowest BCUT2D eigenvalue weighted by molar-refractivity contribution is 0.0929. The normalized spacial score (nSPS) is 13.4. The first-order chi connectivity index (χ1) is 9.67. The number of oxime groups is 1. The van der Waals surface area contributed by atoms with Crippen LogP contribution in [0.1, 0.15) is 12.5 Å². The number of benzene rings is 1. The summed E-state index contributed by atoms with van der Waals surface area (Å²) < 4.78 is 10.9. The van der Waals surface area contributed by atoms with E-state index in [1.165, 1.54) is 6.20 Å². The fourth-order valence-electron chi connectivity index (χ4n) is 1.95. The standard InChI is InChI=1S/C14H17N3O3/c1-9(8-19-2)20-13-10-5-3-4-6-12(10)16-7-11(13)14(15)17-18/h3-7,9,18H,8H2,1-2H3,(H2,15,17). The molecular weight excluding hydrogens is 258 g/mol. The summed E-state index contributed by atoms with van der Waals surface area (Å²) >= 11 is 0. The monoisotopic (exact) mass is 275 g/mol. The summed E-state index contributed by atoms with van der Waals surface area (Å²) in [5, 5.41) is 12.7. The molecule has 2 rings (SSSR count). The Hall–Kier alpha value is -2.34. The van der Waals surface area contributed by atoms with Crippen molar-refractivity contribution < 1.29 is 14.7 Å². The molecule has 0 aliphatic rings. The van der Waals surface area contributed by atoms with Gasteiger partial charge in [-0.3, -0.25) is 4.98 Å². The average Bonchev–Trinajstić information content (AvgIpc) is 2.47. The molecular formula is C14H17N3O3. The Morgan fingerprint density at radius 2 is 2.20 bits per heavy atom. The van der Waals surface area contributed by atoms with Crippen LogP contribution in [0.25, 0.3) is 10.9 Å². The summed E-state index contributed by atoms with van der Waals surface area (Å²) in [6, 6.07) is 7.53. The molecule has 0 aliphatic heterocycles. The van der Waals surface area contributed by atoms with Gasteiger partial charge >= 0.3 is 0 Å². The van der Waals surface area contributed by atoms with Crippen LogP contribution >= 0.6 is 0 Å². The minimum absolute atomic E-state index is 0.0390. The van der Waals surface area contributed by atoms with E-state index in [4.69, 9.17) is 20.4 Å². The molecule has 0 saturated carbocycles.